The molecule has 4 bridgehead atoms. The largest absolute Gasteiger partial charge is 0.369 e. The number of carbonyl (C=O) groups excluding carboxylic acids is 1. The number of amides is 2. The van der Waals surface area contributed by atoms with Gasteiger partial charge >= 0.3 is 6.03 Å². The van der Waals surface area contributed by atoms with Crippen LogP contribution in [0.2, 0.25) is 5.02 Å². The summed E-state index contributed by atoms with van der Waals surface area (Å²) in [6, 6.07) is 8.13. The van der Waals surface area contributed by atoms with E-state index in [4.69, 9.17) is 11.6 Å². The van der Waals surface area contributed by atoms with Crippen LogP contribution in [0.5, 0.6) is 0 Å². The molecule has 0 aromatic heterocycles. The molecule has 0 radical (unpaired) electrons. The Labute approximate surface area is 179 Å². The highest BCUT2D eigenvalue weighted by Crippen LogP contribution is 2.55. The zero-order valence-electron chi connectivity index (χ0n) is 17.2. The van der Waals surface area contributed by atoms with Gasteiger partial charge in [-0.3, -0.25) is 4.90 Å². The molecule has 4 saturated carbocycles. The Bertz CT molecular complexity index is 711. The van der Waals surface area contributed by atoms with Crippen LogP contribution < -0.4 is 15.5 Å². The molecular formula is C23H33ClN4O. The Morgan fingerprint density at radius 3 is 2.31 bits per heavy atom. The van der Waals surface area contributed by atoms with Gasteiger partial charge in [-0.05, 0) is 74.5 Å². The van der Waals surface area contributed by atoms with Crippen molar-refractivity contribution in [2.45, 2.75) is 44.1 Å². The van der Waals surface area contributed by atoms with Crippen LogP contribution in [0.3, 0.4) is 0 Å². The Kier molecular flexibility index (Phi) is 5.37. The van der Waals surface area contributed by atoms with Crippen LogP contribution >= 0.6 is 11.6 Å². The van der Waals surface area contributed by atoms with Crippen LogP contribution in [0.15, 0.2) is 24.3 Å². The van der Waals surface area contributed by atoms with Crippen molar-refractivity contribution in [1.29, 1.82) is 0 Å². The van der Waals surface area contributed by atoms with Gasteiger partial charge in [-0.15, -0.1) is 0 Å². The molecule has 1 saturated heterocycles. The first-order valence-electron chi connectivity index (χ1n) is 11.4. The van der Waals surface area contributed by atoms with Crippen molar-refractivity contribution in [3.8, 4) is 0 Å². The monoisotopic (exact) mass is 416 g/mol. The Balaban J connectivity index is 1.04. The molecular weight excluding hydrogens is 384 g/mol. The summed E-state index contributed by atoms with van der Waals surface area (Å²) in [5.74, 6) is 2.58. The molecule has 4 aliphatic carbocycles. The maximum Gasteiger partial charge on any atom is 0.315 e. The van der Waals surface area contributed by atoms with E-state index in [2.05, 4.69) is 26.5 Å². The van der Waals surface area contributed by atoms with E-state index in [9.17, 15) is 4.79 Å². The maximum atomic E-state index is 12.6. The van der Waals surface area contributed by atoms with Crippen LogP contribution in [0.25, 0.3) is 0 Å². The van der Waals surface area contributed by atoms with E-state index in [1.165, 1.54) is 44.2 Å². The SMILES string of the molecule is O=C(NCCN1CCN(c2cccc(Cl)c2)CC1)NC12CC3CC(CC(C3)C1)C2. The molecule has 1 aromatic rings. The van der Waals surface area contributed by atoms with Gasteiger partial charge in [0.15, 0.2) is 0 Å². The van der Waals surface area contributed by atoms with Crippen LogP contribution in [0.1, 0.15) is 38.5 Å². The summed E-state index contributed by atoms with van der Waals surface area (Å²) in [5, 5.41) is 7.33. The van der Waals surface area contributed by atoms with E-state index in [-0.39, 0.29) is 11.6 Å². The smallest absolute Gasteiger partial charge is 0.315 e. The number of nitrogens with one attached hydrogen (secondary N) is 2. The standard InChI is InChI=1S/C23H33ClN4O/c24-20-2-1-3-21(13-20)28-8-6-27(7-9-28)5-4-25-22(29)26-23-14-17-10-18(15-23)12-19(11-17)16-23/h1-3,13,17-19H,4-12,14-16H2,(H2,25,26,29). The molecule has 6 heteroatoms. The molecule has 1 aliphatic heterocycles. The van der Waals surface area contributed by atoms with Gasteiger partial charge in [0.1, 0.15) is 0 Å². The highest BCUT2D eigenvalue weighted by molar-refractivity contribution is 6.30. The van der Waals surface area contributed by atoms with E-state index in [1.54, 1.807) is 0 Å². The van der Waals surface area contributed by atoms with E-state index < -0.39 is 0 Å². The normalized spacial score (nSPS) is 33.7. The average Bonchev–Trinajstić information content (AvgIpc) is 2.67. The second-order valence-electron chi connectivity index (χ2n) is 9.89. The Hall–Kier alpha value is -1.46. The number of carbonyl (C=O) groups is 1. The molecule has 29 heavy (non-hydrogen) atoms. The van der Waals surface area contributed by atoms with Gasteiger partial charge in [0.2, 0.25) is 0 Å². The minimum absolute atomic E-state index is 0.0458. The predicted octanol–water partition coefficient (Wildman–Crippen LogP) is 3.73. The summed E-state index contributed by atoms with van der Waals surface area (Å²) in [5.41, 5.74) is 1.30. The van der Waals surface area contributed by atoms with E-state index in [0.717, 1.165) is 62.0 Å². The average molecular weight is 417 g/mol. The van der Waals surface area contributed by atoms with Crippen molar-refractivity contribution in [2.24, 2.45) is 17.8 Å². The molecule has 5 nitrogen and oxygen atoms in total. The van der Waals surface area contributed by atoms with Gasteiger partial charge in [-0.25, -0.2) is 4.79 Å². The highest BCUT2D eigenvalue weighted by atomic mass is 35.5. The molecule has 6 rings (SSSR count). The van der Waals surface area contributed by atoms with E-state index in [0.29, 0.717) is 0 Å². The van der Waals surface area contributed by atoms with Crippen molar-refractivity contribution in [3.05, 3.63) is 29.3 Å². The van der Waals surface area contributed by atoms with Crippen LogP contribution in [0, 0.1) is 17.8 Å². The number of benzene rings is 1. The summed E-state index contributed by atoms with van der Waals surface area (Å²) in [7, 11) is 0. The number of halogens is 1. The fourth-order valence-electron chi connectivity index (χ4n) is 6.78. The van der Waals surface area contributed by atoms with Gasteiger partial charge < -0.3 is 15.5 Å². The molecule has 2 N–H and O–H groups in total. The Morgan fingerprint density at radius 1 is 1.03 bits per heavy atom. The van der Waals surface area contributed by atoms with Gasteiger partial charge in [0, 0.05) is 55.5 Å². The van der Waals surface area contributed by atoms with E-state index in [1.807, 2.05) is 18.2 Å². The van der Waals surface area contributed by atoms with Gasteiger partial charge in [0.05, 0.1) is 0 Å². The van der Waals surface area contributed by atoms with Gasteiger partial charge in [-0.2, -0.15) is 0 Å². The first-order chi connectivity index (χ1) is 14.1. The number of hydrogen-bond donors (Lipinski definition) is 2. The summed E-state index contributed by atoms with van der Waals surface area (Å²) in [6.07, 6.45) is 7.84. The van der Waals surface area contributed by atoms with Crippen molar-refractivity contribution in [2.75, 3.05) is 44.2 Å². The second kappa shape index (κ2) is 7.99. The quantitative estimate of drug-likeness (QED) is 0.768. The summed E-state index contributed by atoms with van der Waals surface area (Å²) in [4.78, 5) is 17.4. The third-order valence-corrected chi connectivity index (χ3v) is 7.91. The molecule has 158 valence electrons. The molecule has 2 amide bonds. The first-order valence-corrected chi connectivity index (χ1v) is 11.7. The summed E-state index contributed by atoms with van der Waals surface area (Å²) in [6.45, 7) is 5.67. The van der Waals surface area contributed by atoms with Crippen LogP contribution in [0.4, 0.5) is 10.5 Å². The highest BCUT2D eigenvalue weighted by Gasteiger charge is 2.51. The third-order valence-electron chi connectivity index (χ3n) is 7.68. The lowest BCUT2D eigenvalue weighted by Crippen LogP contribution is -2.61. The lowest BCUT2D eigenvalue weighted by atomic mass is 9.53. The summed E-state index contributed by atoms with van der Waals surface area (Å²) < 4.78 is 0. The van der Waals surface area contributed by atoms with Crippen molar-refractivity contribution < 1.29 is 4.79 Å². The zero-order valence-corrected chi connectivity index (χ0v) is 18.0. The third kappa shape index (κ3) is 4.36. The van der Waals surface area contributed by atoms with E-state index >= 15 is 0 Å². The first kappa shape index (κ1) is 19.5. The van der Waals surface area contributed by atoms with Crippen molar-refractivity contribution >= 4 is 23.3 Å². The molecule has 5 fully saturated rings. The number of anilines is 1. The molecule has 0 spiro atoms. The summed E-state index contributed by atoms with van der Waals surface area (Å²) >= 11 is 6.12. The van der Waals surface area contributed by atoms with Crippen molar-refractivity contribution in [1.82, 2.24) is 15.5 Å². The van der Waals surface area contributed by atoms with Crippen LogP contribution in [-0.4, -0.2) is 55.7 Å². The fourth-order valence-corrected chi connectivity index (χ4v) is 6.96. The zero-order chi connectivity index (χ0) is 19.8. The topological polar surface area (TPSA) is 47.6 Å². The van der Waals surface area contributed by atoms with Crippen LogP contribution in [-0.2, 0) is 0 Å². The number of rotatable bonds is 5. The minimum Gasteiger partial charge on any atom is -0.369 e. The fraction of sp³-hybridized carbons (Fsp3) is 0.696. The molecule has 0 atom stereocenters. The van der Waals surface area contributed by atoms with Gasteiger partial charge in [-0.1, -0.05) is 17.7 Å². The predicted molar refractivity (Wildman–Crippen MR) is 118 cm³/mol. The minimum atomic E-state index is 0.0458. The molecule has 0 unspecified atom stereocenters. The maximum absolute atomic E-state index is 12.6. The number of urea groups is 1. The molecule has 5 aliphatic rings. The number of piperazine rings is 1. The molecule has 1 aromatic carbocycles. The number of hydrogen-bond acceptors (Lipinski definition) is 3. The number of nitrogens with zero attached hydrogens (tertiary/aromatic N) is 2. The second-order valence-corrected chi connectivity index (χ2v) is 10.3. The lowest BCUT2D eigenvalue weighted by Gasteiger charge is -2.56. The van der Waals surface area contributed by atoms with Gasteiger partial charge in [0.25, 0.3) is 0 Å². The molecule has 1 heterocycles. The lowest BCUT2D eigenvalue weighted by molar-refractivity contribution is -0.0135. The Morgan fingerprint density at radius 2 is 1.69 bits per heavy atom. The van der Waals surface area contributed by atoms with Crippen molar-refractivity contribution in [3.63, 3.8) is 0 Å².